The first-order valence-corrected chi connectivity index (χ1v) is 8.44. The van der Waals surface area contributed by atoms with Gasteiger partial charge in [-0.25, -0.2) is 4.98 Å². The number of hydrogen-bond acceptors (Lipinski definition) is 5. The van der Waals surface area contributed by atoms with Crippen LogP contribution >= 0.6 is 0 Å². The first-order valence-electron chi connectivity index (χ1n) is 8.44. The van der Waals surface area contributed by atoms with Crippen molar-refractivity contribution in [1.82, 2.24) is 14.9 Å². The van der Waals surface area contributed by atoms with E-state index in [1.807, 2.05) is 13.0 Å². The van der Waals surface area contributed by atoms with Gasteiger partial charge in [-0.2, -0.15) is 4.98 Å². The quantitative estimate of drug-likeness (QED) is 0.757. The smallest absolute Gasteiger partial charge is 0.224 e. The first-order chi connectivity index (χ1) is 11.3. The van der Waals surface area contributed by atoms with Crippen molar-refractivity contribution >= 4 is 17.5 Å². The molecule has 0 aliphatic heterocycles. The van der Waals surface area contributed by atoms with Crippen molar-refractivity contribution in [1.29, 1.82) is 0 Å². The number of aryl methyl sites for hydroxylation is 4. The zero-order valence-electron chi connectivity index (χ0n) is 15.7. The third-order valence-electron chi connectivity index (χ3n) is 3.85. The summed E-state index contributed by atoms with van der Waals surface area (Å²) in [5.74, 6) is 1.51. The van der Waals surface area contributed by atoms with Gasteiger partial charge in [0.15, 0.2) is 0 Å². The van der Waals surface area contributed by atoms with Gasteiger partial charge in [-0.15, -0.1) is 0 Å². The van der Waals surface area contributed by atoms with Gasteiger partial charge in [0.2, 0.25) is 5.95 Å². The Kier molecular flexibility index (Phi) is 6.15. The molecule has 0 atom stereocenters. The first kappa shape index (κ1) is 18.2. The van der Waals surface area contributed by atoms with Crippen molar-refractivity contribution < 1.29 is 0 Å². The van der Waals surface area contributed by atoms with E-state index in [1.165, 1.54) is 16.7 Å². The molecule has 0 radical (unpaired) electrons. The molecule has 0 unspecified atom stereocenters. The van der Waals surface area contributed by atoms with Crippen LogP contribution in [0.4, 0.5) is 17.5 Å². The molecular weight excluding hydrogens is 298 g/mol. The molecule has 5 heteroatoms. The number of anilines is 3. The predicted octanol–water partition coefficient (Wildman–Crippen LogP) is 3.82. The largest absolute Gasteiger partial charge is 0.354 e. The molecule has 0 spiro atoms. The zero-order chi connectivity index (χ0) is 17.7. The van der Waals surface area contributed by atoms with Crippen LogP contribution in [0.25, 0.3) is 0 Å². The third kappa shape index (κ3) is 5.20. The molecular formula is C19H29N5. The van der Waals surface area contributed by atoms with E-state index in [9.17, 15) is 0 Å². The molecule has 5 nitrogen and oxygen atoms in total. The minimum Gasteiger partial charge on any atom is -0.354 e. The monoisotopic (exact) mass is 327 g/mol. The molecule has 24 heavy (non-hydrogen) atoms. The molecule has 0 saturated carbocycles. The zero-order valence-corrected chi connectivity index (χ0v) is 15.7. The minimum atomic E-state index is 0.679. The van der Waals surface area contributed by atoms with Gasteiger partial charge in [-0.1, -0.05) is 17.7 Å². The van der Waals surface area contributed by atoms with Gasteiger partial charge in [0.1, 0.15) is 5.82 Å². The molecule has 1 aromatic heterocycles. The fourth-order valence-corrected chi connectivity index (χ4v) is 2.81. The lowest BCUT2D eigenvalue weighted by atomic mass is 10.1. The molecule has 0 saturated heterocycles. The van der Waals surface area contributed by atoms with Crippen LogP contribution in [0, 0.1) is 27.7 Å². The highest BCUT2D eigenvalue weighted by Gasteiger charge is 2.07. The summed E-state index contributed by atoms with van der Waals surface area (Å²) in [5, 5.41) is 6.77. The summed E-state index contributed by atoms with van der Waals surface area (Å²) in [6, 6.07) is 6.34. The van der Waals surface area contributed by atoms with Crippen molar-refractivity contribution in [2.24, 2.45) is 0 Å². The lowest BCUT2D eigenvalue weighted by Crippen LogP contribution is -2.17. The van der Waals surface area contributed by atoms with Gasteiger partial charge in [0, 0.05) is 24.0 Å². The molecule has 0 bridgehead atoms. The summed E-state index contributed by atoms with van der Waals surface area (Å²) in [4.78, 5) is 11.3. The molecule has 1 heterocycles. The van der Waals surface area contributed by atoms with Crippen LogP contribution in [0.15, 0.2) is 18.2 Å². The maximum absolute atomic E-state index is 4.60. The van der Waals surface area contributed by atoms with Crippen LogP contribution in [0.5, 0.6) is 0 Å². The number of rotatable bonds is 7. The molecule has 1 aromatic carbocycles. The van der Waals surface area contributed by atoms with E-state index in [2.05, 4.69) is 72.5 Å². The van der Waals surface area contributed by atoms with Gasteiger partial charge >= 0.3 is 0 Å². The van der Waals surface area contributed by atoms with E-state index in [4.69, 9.17) is 0 Å². The average Bonchev–Trinajstić information content (AvgIpc) is 2.47. The Hall–Kier alpha value is -2.14. The van der Waals surface area contributed by atoms with E-state index >= 15 is 0 Å². The Morgan fingerprint density at radius 1 is 0.958 bits per heavy atom. The number of hydrogen-bond donors (Lipinski definition) is 2. The van der Waals surface area contributed by atoms with Crippen LogP contribution in [0.1, 0.15) is 28.8 Å². The second kappa shape index (κ2) is 8.11. The maximum atomic E-state index is 4.60. The number of nitrogens with zero attached hydrogens (tertiary/aromatic N) is 3. The van der Waals surface area contributed by atoms with Crippen LogP contribution in [-0.2, 0) is 0 Å². The Labute approximate surface area is 145 Å². The maximum Gasteiger partial charge on any atom is 0.224 e. The van der Waals surface area contributed by atoms with E-state index < -0.39 is 0 Å². The Morgan fingerprint density at radius 2 is 1.62 bits per heavy atom. The number of aromatic nitrogens is 2. The molecule has 2 N–H and O–H groups in total. The van der Waals surface area contributed by atoms with Crippen LogP contribution < -0.4 is 10.6 Å². The highest BCUT2D eigenvalue weighted by Crippen LogP contribution is 2.25. The molecule has 0 fully saturated rings. The van der Waals surface area contributed by atoms with Gasteiger partial charge in [0.05, 0.1) is 0 Å². The summed E-state index contributed by atoms with van der Waals surface area (Å²) in [6.07, 6.45) is 1.06. The molecule has 0 aliphatic carbocycles. The number of nitrogens with one attached hydrogen (secondary N) is 2. The third-order valence-corrected chi connectivity index (χ3v) is 3.85. The van der Waals surface area contributed by atoms with Crippen molar-refractivity contribution in [2.75, 3.05) is 37.8 Å². The minimum absolute atomic E-state index is 0.679. The van der Waals surface area contributed by atoms with Crippen molar-refractivity contribution in [2.45, 2.75) is 34.1 Å². The topological polar surface area (TPSA) is 53.1 Å². The standard InChI is InChI=1S/C19H29N5/c1-13-10-14(2)18(15(3)11-13)22-17-12-16(4)21-19(23-17)20-8-7-9-24(5)6/h10-12H,7-9H2,1-6H3,(H2,20,21,22,23). The highest BCUT2D eigenvalue weighted by molar-refractivity contribution is 5.65. The molecule has 130 valence electrons. The second-order valence-corrected chi connectivity index (χ2v) is 6.70. The van der Waals surface area contributed by atoms with E-state index in [1.54, 1.807) is 0 Å². The van der Waals surface area contributed by atoms with Gasteiger partial charge in [0.25, 0.3) is 0 Å². The fraction of sp³-hybridized carbons (Fsp3) is 0.474. The number of benzene rings is 1. The SMILES string of the molecule is Cc1cc(C)c(Nc2cc(C)nc(NCCCN(C)C)n2)c(C)c1. The molecule has 2 rings (SSSR count). The van der Waals surface area contributed by atoms with E-state index in [0.717, 1.165) is 36.7 Å². The second-order valence-electron chi connectivity index (χ2n) is 6.70. The van der Waals surface area contributed by atoms with Crippen LogP contribution in [-0.4, -0.2) is 42.1 Å². The van der Waals surface area contributed by atoms with Gasteiger partial charge in [-0.3, -0.25) is 0 Å². The van der Waals surface area contributed by atoms with Crippen molar-refractivity contribution in [3.8, 4) is 0 Å². The van der Waals surface area contributed by atoms with Gasteiger partial charge < -0.3 is 15.5 Å². The lowest BCUT2D eigenvalue weighted by molar-refractivity contribution is 0.405. The predicted molar refractivity (Wildman–Crippen MR) is 102 cm³/mol. The normalized spacial score (nSPS) is 11.0. The lowest BCUT2D eigenvalue weighted by Gasteiger charge is -2.15. The molecule has 2 aromatic rings. The average molecular weight is 327 g/mol. The summed E-state index contributed by atoms with van der Waals surface area (Å²) >= 11 is 0. The van der Waals surface area contributed by atoms with E-state index in [0.29, 0.717) is 5.95 Å². The summed E-state index contributed by atoms with van der Waals surface area (Å²) in [5.41, 5.74) is 5.80. The Balaban J connectivity index is 2.11. The summed E-state index contributed by atoms with van der Waals surface area (Å²) < 4.78 is 0. The fourth-order valence-electron chi connectivity index (χ4n) is 2.81. The van der Waals surface area contributed by atoms with Crippen molar-refractivity contribution in [3.05, 3.63) is 40.6 Å². The van der Waals surface area contributed by atoms with E-state index in [-0.39, 0.29) is 0 Å². The molecule has 0 aliphatic rings. The van der Waals surface area contributed by atoms with Gasteiger partial charge in [-0.05, 0) is 65.9 Å². The van der Waals surface area contributed by atoms with Crippen molar-refractivity contribution in [3.63, 3.8) is 0 Å². The van der Waals surface area contributed by atoms with Crippen LogP contribution in [0.3, 0.4) is 0 Å². The van der Waals surface area contributed by atoms with Crippen LogP contribution in [0.2, 0.25) is 0 Å². The summed E-state index contributed by atoms with van der Waals surface area (Å²) in [6.45, 7) is 10.3. The molecule has 0 amide bonds. The summed E-state index contributed by atoms with van der Waals surface area (Å²) in [7, 11) is 4.16. The Bertz CT molecular complexity index is 671. The Morgan fingerprint density at radius 3 is 2.25 bits per heavy atom. The highest BCUT2D eigenvalue weighted by atomic mass is 15.1.